The van der Waals surface area contributed by atoms with Crippen molar-refractivity contribution in [1.29, 1.82) is 0 Å². The Bertz CT molecular complexity index is 430. The van der Waals surface area contributed by atoms with Crippen LogP contribution in [-0.4, -0.2) is 17.2 Å². The maximum absolute atomic E-state index is 10.3. The van der Waals surface area contributed by atoms with Gasteiger partial charge < -0.3 is 9.84 Å². The quantitative estimate of drug-likeness (QED) is 0.867. The molecular formula is C13H18BrNO2. The second-order valence-electron chi connectivity index (χ2n) is 4.58. The second kappa shape index (κ2) is 5.19. The molecule has 0 fully saturated rings. The summed E-state index contributed by atoms with van der Waals surface area (Å²) in [7, 11) is 1.58. The summed E-state index contributed by atoms with van der Waals surface area (Å²) in [5, 5.41) is 10.3. The number of aromatic nitrogens is 1. The van der Waals surface area contributed by atoms with E-state index in [1.807, 2.05) is 20.8 Å². The number of nitrogens with zero attached hydrogens (tertiary/aromatic N) is 1. The van der Waals surface area contributed by atoms with E-state index in [2.05, 4.69) is 27.5 Å². The van der Waals surface area contributed by atoms with Crippen molar-refractivity contribution in [1.82, 2.24) is 4.98 Å². The lowest BCUT2D eigenvalue weighted by atomic mass is 9.84. The van der Waals surface area contributed by atoms with Crippen LogP contribution in [0.25, 0.3) is 0 Å². The van der Waals surface area contributed by atoms with Gasteiger partial charge in [-0.2, -0.15) is 0 Å². The van der Waals surface area contributed by atoms with Gasteiger partial charge in [-0.05, 0) is 22.9 Å². The van der Waals surface area contributed by atoms with Crippen molar-refractivity contribution in [2.24, 2.45) is 5.41 Å². The Morgan fingerprint density at radius 2 is 2.18 bits per heavy atom. The maximum Gasteiger partial charge on any atom is 0.147 e. The number of methoxy groups -OCH3 is 1. The zero-order valence-electron chi connectivity index (χ0n) is 10.6. The molecule has 0 amide bonds. The van der Waals surface area contributed by atoms with E-state index >= 15 is 0 Å². The molecule has 0 aliphatic heterocycles. The number of aliphatic hydroxyl groups excluding tert-OH is 1. The normalized spacial score (nSPS) is 13.3. The standard InChI is InChI=1S/C13H18BrNO2/c1-6-13(3,4)12(16)10-11(17-5)8(2)9(14)7-15-10/h6-7,12,16H,1H2,2-5H3. The summed E-state index contributed by atoms with van der Waals surface area (Å²) in [5.41, 5.74) is 1.01. The first kappa shape index (κ1) is 14.2. The molecule has 0 saturated carbocycles. The van der Waals surface area contributed by atoms with Crippen LogP contribution in [0.3, 0.4) is 0 Å². The smallest absolute Gasteiger partial charge is 0.147 e. The lowest BCUT2D eigenvalue weighted by molar-refractivity contribution is 0.0753. The van der Waals surface area contributed by atoms with E-state index in [-0.39, 0.29) is 0 Å². The molecule has 1 atom stereocenters. The fraction of sp³-hybridized carbons (Fsp3) is 0.462. The molecule has 17 heavy (non-hydrogen) atoms. The largest absolute Gasteiger partial charge is 0.494 e. The van der Waals surface area contributed by atoms with Crippen LogP contribution in [0.1, 0.15) is 31.2 Å². The molecule has 3 nitrogen and oxygen atoms in total. The lowest BCUT2D eigenvalue weighted by Gasteiger charge is -2.28. The number of rotatable bonds is 4. The topological polar surface area (TPSA) is 42.4 Å². The highest BCUT2D eigenvalue weighted by molar-refractivity contribution is 9.10. The van der Waals surface area contributed by atoms with Crippen LogP contribution in [-0.2, 0) is 0 Å². The molecule has 0 aliphatic rings. The Kier molecular flexibility index (Phi) is 4.33. The van der Waals surface area contributed by atoms with Gasteiger partial charge in [-0.15, -0.1) is 6.58 Å². The zero-order chi connectivity index (χ0) is 13.2. The molecule has 4 heteroatoms. The van der Waals surface area contributed by atoms with E-state index in [4.69, 9.17) is 4.74 Å². The Labute approximate surface area is 111 Å². The van der Waals surface area contributed by atoms with Crippen LogP contribution in [0.2, 0.25) is 0 Å². The molecule has 0 saturated heterocycles. The minimum Gasteiger partial charge on any atom is -0.494 e. The van der Waals surface area contributed by atoms with Crippen molar-refractivity contribution < 1.29 is 9.84 Å². The van der Waals surface area contributed by atoms with Gasteiger partial charge in [0.15, 0.2) is 0 Å². The van der Waals surface area contributed by atoms with Crippen molar-refractivity contribution in [2.75, 3.05) is 7.11 Å². The first-order valence-electron chi connectivity index (χ1n) is 5.35. The summed E-state index contributed by atoms with van der Waals surface area (Å²) >= 11 is 3.39. The summed E-state index contributed by atoms with van der Waals surface area (Å²) in [6, 6.07) is 0. The predicted octanol–water partition coefficient (Wildman–Crippen LogP) is 3.41. The van der Waals surface area contributed by atoms with E-state index in [0.29, 0.717) is 11.4 Å². The van der Waals surface area contributed by atoms with E-state index in [1.54, 1.807) is 19.4 Å². The van der Waals surface area contributed by atoms with Crippen LogP contribution in [0.15, 0.2) is 23.3 Å². The average Bonchev–Trinajstić information content (AvgIpc) is 2.31. The van der Waals surface area contributed by atoms with E-state index < -0.39 is 11.5 Å². The van der Waals surface area contributed by atoms with Crippen molar-refractivity contribution in [2.45, 2.75) is 26.9 Å². The van der Waals surface area contributed by atoms with Gasteiger partial charge in [0.05, 0.1) is 7.11 Å². The second-order valence-corrected chi connectivity index (χ2v) is 5.43. The van der Waals surface area contributed by atoms with Crippen molar-refractivity contribution in [3.8, 4) is 5.75 Å². The Morgan fingerprint density at radius 1 is 1.59 bits per heavy atom. The Hall–Kier alpha value is -0.870. The maximum atomic E-state index is 10.3. The van der Waals surface area contributed by atoms with Crippen molar-refractivity contribution >= 4 is 15.9 Å². The number of hydrogen-bond acceptors (Lipinski definition) is 3. The van der Waals surface area contributed by atoms with E-state index in [9.17, 15) is 5.11 Å². The van der Waals surface area contributed by atoms with Crippen molar-refractivity contribution in [3.05, 3.63) is 34.6 Å². The first-order chi connectivity index (χ1) is 7.85. The van der Waals surface area contributed by atoms with Gasteiger partial charge in [-0.3, -0.25) is 4.98 Å². The monoisotopic (exact) mass is 299 g/mol. The van der Waals surface area contributed by atoms with Crippen molar-refractivity contribution in [3.63, 3.8) is 0 Å². The molecule has 1 heterocycles. The number of pyridine rings is 1. The molecule has 94 valence electrons. The fourth-order valence-electron chi connectivity index (χ4n) is 1.50. The molecule has 1 N–H and O–H groups in total. The average molecular weight is 300 g/mol. The zero-order valence-corrected chi connectivity index (χ0v) is 12.2. The summed E-state index contributed by atoms with van der Waals surface area (Å²) in [6.45, 7) is 9.47. The third kappa shape index (κ3) is 2.69. The molecule has 0 aliphatic carbocycles. The van der Waals surface area contributed by atoms with Gasteiger partial charge in [0.2, 0.25) is 0 Å². The highest BCUT2D eigenvalue weighted by Gasteiger charge is 2.30. The van der Waals surface area contributed by atoms with Gasteiger partial charge in [-0.25, -0.2) is 0 Å². The van der Waals surface area contributed by atoms with Gasteiger partial charge in [-0.1, -0.05) is 19.9 Å². The molecule has 0 bridgehead atoms. The van der Waals surface area contributed by atoms with Gasteiger partial charge in [0.25, 0.3) is 0 Å². The minimum absolute atomic E-state index is 0.458. The third-order valence-electron chi connectivity index (χ3n) is 2.94. The van der Waals surface area contributed by atoms with E-state index in [0.717, 1.165) is 10.0 Å². The molecular weight excluding hydrogens is 282 g/mol. The van der Waals surface area contributed by atoms with Gasteiger partial charge in [0, 0.05) is 21.6 Å². The molecule has 0 aromatic carbocycles. The van der Waals surface area contributed by atoms with Crippen LogP contribution in [0.5, 0.6) is 5.75 Å². The van der Waals surface area contributed by atoms with Crippen LogP contribution in [0.4, 0.5) is 0 Å². The van der Waals surface area contributed by atoms with E-state index in [1.165, 1.54) is 0 Å². The third-order valence-corrected chi connectivity index (χ3v) is 3.74. The SMILES string of the molecule is C=CC(C)(C)C(O)c1ncc(Br)c(C)c1OC. The highest BCUT2D eigenvalue weighted by Crippen LogP contribution is 2.39. The minimum atomic E-state index is -0.748. The van der Waals surface area contributed by atoms with Crippen LogP contribution < -0.4 is 4.74 Å². The Balaban J connectivity index is 3.32. The number of aliphatic hydroxyl groups is 1. The molecule has 0 radical (unpaired) electrons. The van der Waals surface area contributed by atoms with Gasteiger partial charge >= 0.3 is 0 Å². The molecule has 0 spiro atoms. The highest BCUT2D eigenvalue weighted by atomic mass is 79.9. The summed E-state index contributed by atoms with van der Waals surface area (Å²) in [5.74, 6) is 0.613. The summed E-state index contributed by atoms with van der Waals surface area (Å²) in [4.78, 5) is 4.25. The Morgan fingerprint density at radius 3 is 2.65 bits per heavy atom. The molecule has 1 aromatic heterocycles. The number of halogens is 1. The summed E-state index contributed by atoms with van der Waals surface area (Å²) in [6.07, 6.45) is 2.65. The predicted molar refractivity (Wildman–Crippen MR) is 72.2 cm³/mol. The lowest BCUT2D eigenvalue weighted by Crippen LogP contribution is -2.21. The molecule has 1 aromatic rings. The van der Waals surface area contributed by atoms with Crippen LogP contribution in [0, 0.1) is 12.3 Å². The number of ether oxygens (including phenoxy) is 1. The van der Waals surface area contributed by atoms with Gasteiger partial charge in [0.1, 0.15) is 17.5 Å². The summed E-state index contributed by atoms with van der Waals surface area (Å²) < 4.78 is 6.19. The first-order valence-corrected chi connectivity index (χ1v) is 6.15. The number of hydrogen-bond donors (Lipinski definition) is 1. The molecule has 1 rings (SSSR count). The molecule has 1 unspecified atom stereocenters. The van der Waals surface area contributed by atoms with Crippen LogP contribution >= 0.6 is 15.9 Å². The fourth-order valence-corrected chi connectivity index (χ4v) is 1.78.